The first-order chi connectivity index (χ1) is 9.22. The van der Waals surface area contributed by atoms with E-state index < -0.39 is 0 Å². The maximum Gasteiger partial charge on any atom is 0.122 e. The predicted octanol–water partition coefficient (Wildman–Crippen LogP) is 0.961. The summed E-state index contributed by atoms with van der Waals surface area (Å²) in [6.45, 7) is 5.24. The molecule has 0 amide bonds. The highest BCUT2D eigenvalue weighted by Crippen LogP contribution is 2.29. The summed E-state index contributed by atoms with van der Waals surface area (Å²) in [6.07, 6.45) is 1.04. The van der Waals surface area contributed by atoms with Crippen molar-refractivity contribution in [2.45, 2.75) is 12.5 Å². The lowest BCUT2D eigenvalue weighted by molar-refractivity contribution is 0.241. The van der Waals surface area contributed by atoms with Gasteiger partial charge < -0.3 is 19.9 Å². The van der Waals surface area contributed by atoms with Crippen molar-refractivity contribution in [1.82, 2.24) is 10.2 Å². The van der Waals surface area contributed by atoms with Crippen molar-refractivity contribution in [3.05, 3.63) is 23.8 Å². The highest BCUT2D eigenvalue weighted by molar-refractivity contribution is 5.54. The minimum atomic E-state index is 0.549. The average molecular weight is 261 g/mol. The summed E-state index contributed by atoms with van der Waals surface area (Å²) in [5, 5.41) is 3.59. The normalized spacial score (nSPS) is 22.9. The van der Waals surface area contributed by atoms with E-state index in [1.165, 1.54) is 11.3 Å². The van der Waals surface area contributed by atoms with E-state index in [1.54, 1.807) is 0 Å². The average Bonchev–Trinajstić information content (AvgIpc) is 2.85. The van der Waals surface area contributed by atoms with Crippen molar-refractivity contribution in [2.24, 2.45) is 0 Å². The van der Waals surface area contributed by atoms with Gasteiger partial charge in [-0.15, -0.1) is 0 Å². The van der Waals surface area contributed by atoms with Crippen LogP contribution in [0.25, 0.3) is 0 Å². The topological polar surface area (TPSA) is 27.7 Å². The molecule has 1 unspecified atom stereocenters. The Morgan fingerprint density at radius 3 is 3.21 bits per heavy atom. The van der Waals surface area contributed by atoms with Gasteiger partial charge in [-0.05, 0) is 30.8 Å². The predicted molar refractivity (Wildman–Crippen MR) is 78.2 cm³/mol. The molecule has 0 saturated carbocycles. The molecular formula is C15H23N3O. The lowest BCUT2D eigenvalue weighted by atomic mass is 10.1. The quantitative estimate of drug-likeness (QED) is 0.877. The molecule has 104 valence electrons. The molecule has 4 nitrogen and oxygen atoms in total. The Labute approximate surface area is 115 Å². The van der Waals surface area contributed by atoms with Gasteiger partial charge in [-0.3, -0.25) is 0 Å². The Kier molecular flexibility index (Phi) is 3.62. The third kappa shape index (κ3) is 2.85. The van der Waals surface area contributed by atoms with E-state index in [0.717, 1.165) is 45.0 Å². The number of hydrogen-bond donors (Lipinski definition) is 1. The number of nitrogens with one attached hydrogen (secondary N) is 1. The minimum absolute atomic E-state index is 0.549. The summed E-state index contributed by atoms with van der Waals surface area (Å²) in [4.78, 5) is 4.74. The summed E-state index contributed by atoms with van der Waals surface area (Å²) in [5.41, 5.74) is 2.64. The Morgan fingerprint density at radius 2 is 2.37 bits per heavy atom. The largest absolute Gasteiger partial charge is 0.493 e. The number of likely N-dealkylation sites (N-methyl/N-ethyl adjacent to an activating group) is 2. The molecule has 1 aromatic rings. The molecule has 1 atom stereocenters. The third-order valence-corrected chi connectivity index (χ3v) is 4.07. The van der Waals surface area contributed by atoms with Gasteiger partial charge in [0, 0.05) is 51.4 Å². The summed E-state index contributed by atoms with van der Waals surface area (Å²) in [6, 6.07) is 7.09. The molecule has 0 radical (unpaired) electrons. The number of ether oxygens (including phenoxy) is 1. The molecule has 0 aromatic heterocycles. The maximum atomic E-state index is 5.56. The monoisotopic (exact) mass is 261 g/mol. The maximum absolute atomic E-state index is 5.56. The summed E-state index contributed by atoms with van der Waals surface area (Å²) in [5.74, 6) is 1.06. The van der Waals surface area contributed by atoms with E-state index in [0.29, 0.717) is 6.04 Å². The van der Waals surface area contributed by atoms with Gasteiger partial charge in [-0.2, -0.15) is 0 Å². The summed E-state index contributed by atoms with van der Waals surface area (Å²) >= 11 is 0. The number of rotatable bonds is 3. The van der Waals surface area contributed by atoms with E-state index >= 15 is 0 Å². The lowest BCUT2D eigenvalue weighted by Crippen LogP contribution is -2.53. The van der Waals surface area contributed by atoms with Crippen molar-refractivity contribution in [3.63, 3.8) is 0 Å². The Hall–Kier alpha value is -1.26. The molecule has 3 rings (SSSR count). The molecule has 19 heavy (non-hydrogen) atoms. The van der Waals surface area contributed by atoms with E-state index in [1.807, 2.05) is 0 Å². The van der Waals surface area contributed by atoms with Crippen molar-refractivity contribution < 1.29 is 4.74 Å². The minimum Gasteiger partial charge on any atom is -0.493 e. The van der Waals surface area contributed by atoms with Gasteiger partial charge >= 0.3 is 0 Å². The Morgan fingerprint density at radius 1 is 1.47 bits per heavy atom. The number of fused-ring (bicyclic) bond motifs is 1. The van der Waals surface area contributed by atoms with Crippen molar-refractivity contribution in [3.8, 4) is 5.75 Å². The van der Waals surface area contributed by atoms with Crippen LogP contribution in [0.3, 0.4) is 0 Å². The zero-order chi connectivity index (χ0) is 13.2. The van der Waals surface area contributed by atoms with E-state index in [2.05, 4.69) is 47.4 Å². The van der Waals surface area contributed by atoms with Gasteiger partial charge in [0.25, 0.3) is 0 Å². The van der Waals surface area contributed by atoms with Gasteiger partial charge in [0.1, 0.15) is 5.75 Å². The number of anilines is 1. The zero-order valence-electron chi connectivity index (χ0n) is 11.9. The number of benzene rings is 1. The smallest absolute Gasteiger partial charge is 0.122 e. The molecule has 4 heteroatoms. The van der Waals surface area contributed by atoms with Crippen LogP contribution in [0, 0.1) is 0 Å². The zero-order valence-corrected chi connectivity index (χ0v) is 11.9. The Balaban J connectivity index is 1.65. The van der Waals surface area contributed by atoms with Crippen LogP contribution in [0.1, 0.15) is 5.56 Å². The van der Waals surface area contributed by atoms with Gasteiger partial charge in [-0.1, -0.05) is 0 Å². The third-order valence-electron chi connectivity index (χ3n) is 4.07. The number of nitrogens with zero attached hydrogens (tertiary/aromatic N) is 2. The highest BCUT2D eigenvalue weighted by Gasteiger charge is 2.19. The van der Waals surface area contributed by atoms with Gasteiger partial charge in [0.2, 0.25) is 0 Å². The number of hydrogen-bond acceptors (Lipinski definition) is 4. The van der Waals surface area contributed by atoms with Crippen LogP contribution in [0.15, 0.2) is 18.2 Å². The lowest BCUT2D eigenvalue weighted by Gasteiger charge is -2.34. The molecule has 1 N–H and O–H groups in total. The van der Waals surface area contributed by atoms with E-state index in [4.69, 9.17) is 4.74 Å². The summed E-state index contributed by atoms with van der Waals surface area (Å²) in [7, 11) is 4.37. The highest BCUT2D eigenvalue weighted by atomic mass is 16.5. The second kappa shape index (κ2) is 5.39. The van der Waals surface area contributed by atoms with Crippen LogP contribution < -0.4 is 15.0 Å². The first-order valence-electron chi connectivity index (χ1n) is 7.11. The first-order valence-corrected chi connectivity index (χ1v) is 7.11. The Bertz CT molecular complexity index is 449. The van der Waals surface area contributed by atoms with Crippen LogP contribution >= 0.6 is 0 Å². The van der Waals surface area contributed by atoms with Crippen molar-refractivity contribution in [2.75, 3.05) is 51.8 Å². The molecule has 1 fully saturated rings. The first kappa shape index (κ1) is 12.8. The molecule has 2 heterocycles. The fourth-order valence-electron chi connectivity index (χ4n) is 2.96. The second-order valence-corrected chi connectivity index (χ2v) is 5.68. The van der Waals surface area contributed by atoms with Crippen LogP contribution in [0.5, 0.6) is 5.75 Å². The molecule has 0 bridgehead atoms. The molecular weight excluding hydrogens is 238 g/mol. The van der Waals surface area contributed by atoms with Gasteiger partial charge in [0.05, 0.1) is 6.61 Å². The molecule has 0 spiro atoms. The van der Waals surface area contributed by atoms with Crippen LogP contribution in [0.4, 0.5) is 5.69 Å². The molecule has 0 aliphatic carbocycles. The summed E-state index contributed by atoms with van der Waals surface area (Å²) < 4.78 is 5.56. The van der Waals surface area contributed by atoms with Gasteiger partial charge in [-0.25, -0.2) is 0 Å². The van der Waals surface area contributed by atoms with Gasteiger partial charge in [0.15, 0.2) is 0 Å². The van der Waals surface area contributed by atoms with Crippen LogP contribution in [-0.4, -0.2) is 57.8 Å². The molecule has 1 aromatic carbocycles. The SMILES string of the molecule is CN1CCNC(CN(C)c2ccc3c(c2)CCO3)C1. The second-order valence-electron chi connectivity index (χ2n) is 5.68. The van der Waals surface area contributed by atoms with Crippen LogP contribution in [0.2, 0.25) is 0 Å². The van der Waals surface area contributed by atoms with Crippen molar-refractivity contribution in [1.29, 1.82) is 0 Å². The van der Waals surface area contributed by atoms with E-state index in [9.17, 15) is 0 Å². The van der Waals surface area contributed by atoms with Crippen molar-refractivity contribution >= 4 is 5.69 Å². The number of piperazine rings is 1. The fraction of sp³-hybridized carbons (Fsp3) is 0.600. The van der Waals surface area contributed by atoms with E-state index in [-0.39, 0.29) is 0 Å². The molecule has 2 aliphatic rings. The standard InChI is InChI=1S/C15H23N3O/c1-17-7-6-16-13(10-17)11-18(2)14-3-4-15-12(9-14)5-8-19-15/h3-4,9,13,16H,5-8,10-11H2,1-2H3. The molecule has 1 saturated heterocycles. The molecule has 2 aliphatic heterocycles. The van der Waals surface area contributed by atoms with Crippen LogP contribution in [-0.2, 0) is 6.42 Å². The fourth-order valence-corrected chi connectivity index (χ4v) is 2.96.